The van der Waals surface area contributed by atoms with Crippen LogP contribution >= 0.6 is 27.5 Å². The smallest absolute Gasteiger partial charge is 0.138 e. The van der Waals surface area contributed by atoms with Crippen LogP contribution in [-0.2, 0) is 12.5 Å². The highest BCUT2D eigenvalue weighted by atomic mass is 79.9. The van der Waals surface area contributed by atoms with Crippen molar-refractivity contribution in [3.05, 3.63) is 63.6 Å². The van der Waals surface area contributed by atoms with Crippen molar-refractivity contribution in [2.45, 2.75) is 32.3 Å². The number of rotatable bonds is 5. The van der Waals surface area contributed by atoms with Gasteiger partial charge in [0.1, 0.15) is 12.4 Å². The van der Waals surface area contributed by atoms with E-state index in [0.717, 1.165) is 21.3 Å². The molecule has 0 radical (unpaired) electrons. The van der Waals surface area contributed by atoms with Crippen LogP contribution in [0, 0.1) is 0 Å². The summed E-state index contributed by atoms with van der Waals surface area (Å²) in [4.78, 5) is 0. The zero-order valence-corrected chi connectivity index (χ0v) is 14.0. The van der Waals surface area contributed by atoms with E-state index < -0.39 is 0 Å². The van der Waals surface area contributed by atoms with Crippen LogP contribution < -0.4 is 4.74 Å². The van der Waals surface area contributed by atoms with Crippen molar-refractivity contribution in [3.63, 3.8) is 0 Å². The minimum absolute atomic E-state index is 0.445. The summed E-state index contributed by atoms with van der Waals surface area (Å²) in [6.07, 6.45) is 0. The molecule has 0 aliphatic heterocycles. The predicted molar refractivity (Wildman–Crippen MR) is 88.6 cm³/mol. The molecule has 1 nitrogen and oxygen atoms in total. The van der Waals surface area contributed by atoms with Gasteiger partial charge in [-0.15, -0.1) is 11.6 Å². The molecule has 0 unspecified atom stereocenters. The molecule has 20 heavy (non-hydrogen) atoms. The maximum Gasteiger partial charge on any atom is 0.138 e. The monoisotopic (exact) mass is 352 g/mol. The van der Waals surface area contributed by atoms with Crippen LogP contribution in [0.5, 0.6) is 5.75 Å². The Kier molecular flexibility index (Phi) is 5.50. The predicted octanol–water partition coefficient (Wildman–Crippen LogP) is 5.89. The van der Waals surface area contributed by atoms with E-state index in [9.17, 15) is 0 Å². The quantitative estimate of drug-likeness (QED) is 0.609. The zero-order valence-electron chi connectivity index (χ0n) is 11.7. The molecule has 2 aromatic carbocycles. The Morgan fingerprint density at radius 2 is 1.80 bits per heavy atom. The van der Waals surface area contributed by atoms with Gasteiger partial charge >= 0.3 is 0 Å². The number of benzene rings is 2. The molecule has 0 aliphatic rings. The van der Waals surface area contributed by atoms with Crippen LogP contribution in [0.15, 0.2) is 46.9 Å². The molecular weight excluding hydrogens is 336 g/mol. The first-order valence-electron chi connectivity index (χ1n) is 6.66. The second-order valence-corrected chi connectivity index (χ2v) is 6.17. The fourth-order valence-electron chi connectivity index (χ4n) is 1.97. The van der Waals surface area contributed by atoms with Crippen molar-refractivity contribution < 1.29 is 4.74 Å². The van der Waals surface area contributed by atoms with E-state index in [0.29, 0.717) is 18.4 Å². The molecule has 0 amide bonds. The van der Waals surface area contributed by atoms with Gasteiger partial charge in [-0.05, 0) is 39.0 Å². The molecule has 0 atom stereocenters. The van der Waals surface area contributed by atoms with Gasteiger partial charge in [0, 0.05) is 5.56 Å². The van der Waals surface area contributed by atoms with Crippen LogP contribution in [0.25, 0.3) is 0 Å². The highest BCUT2D eigenvalue weighted by Gasteiger charge is 2.07. The molecule has 0 saturated heterocycles. The fourth-order valence-corrected chi connectivity index (χ4v) is 2.71. The van der Waals surface area contributed by atoms with Gasteiger partial charge in [0.2, 0.25) is 0 Å². The van der Waals surface area contributed by atoms with Gasteiger partial charge in [0.15, 0.2) is 0 Å². The lowest BCUT2D eigenvalue weighted by molar-refractivity contribution is 0.302. The fraction of sp³-hybridized carbons (Fsp3) is 0.294. The molecule has 3 heteroatoms. The summed E-state index contributed by atoms with van der Waals surface area (Å²) < 4.78 is 6.85. The summed E-state index contributed by atoms with van der Waals surface area (Å²) in [7, 11) is 0. The Bertz CT molecular complexity index is 564. The maximum atomic E-state index is 5.94. The van der Waals surface area contributed by atoms with Crippen molar-refractivity contribution in [2.24, 2.45) is 0 Å². The molecule has 2 rings (SSSR count). The average molecular weight is 354 g/mol. The normalized spacial score (nSPS) is 10.8. The molecule has 0 bridgehead atoms. The standard InChI is InChI=1S/C17H18BrClO/c1-12(2)14-8-6-13(7-9-14)11-20-17-15(10-19)4-3-5-16(17)18/h3-9,12H,10-11H2,1-2H3. The first-order valence-corrected chi connectivity index (χ1v) is 7.99. The van der Waals surface area contributed by atoms with E-state index in [4.69, 9.17) is 16.3 Å². The second-order valence-electron chi connectivity index (χ2n) is 5.05. The molecule has 0 fully saturated rings. The number of hydrogen-bond acceptors (Lipinski definition) is 1. The van der Waals surface area contributed by atoms with Gasteiger partial charge in [-0.25, -0.2) is 0 Å². The summed E-state index contributed by atoms with van der Waals surface area (Å²) >= 11 is 9.45. The number of halogens is 2. The Labute approximate surface area is 134 Å². The zero-order chi connectivity index (χ0) is 14.5. The summed E-state index contributed by atoms with van der Waals surface area (Å²) in [5.41, 5.74) is 3.50. The van der Waals surface area contributed by atoms with Crippen molar-refractivity contribution in [1.29, 1.82) is 0 Å². The maximum absolute atomic E-state index is 5.94. The van der Waals surface area contributed by atoms with Gasteiger partial charge in [0.25, 0.3) is 0 Å². The molecule has 0 saturated carbocycles. The molecule has 2 aromatic rings. The van der Waals surface area contributed by atoms with Crippen LogP contribution in [0.3, 0.4) is 0 Å². The van der Waals surface area contributed by atoms with Crippen LogP contribution in [0.1, 0.15) is 36.5 Å². The van der Waals surface area contributed by atoms with E-state index in [-0.39, 0.29) is 0 Å². The molecule has 0 N–H and O–H groups in total. The first-order chi connectivity index (χ1) is 9.61. The Morgan fingerprint density at radius 3 is 2.40 bits per heavy atom. The van der Waals surface area contributed by atoms with E-state index in [1.165, 1.54) is 5.56 Å². The third-order valence-electron chi connectivity index (χ3n) is 3.22. The molecule has 0 aromatic heterocycles. The number of ether oxygens (including phenoxy) is 1. The van der Waals surface area contributed by atoms with Crippen molar-refractivity contribution in [3.8, 4) is 5.75 Å². The molecule has 106 valence electrons. The van der Waals surface area contributed by atoms with Gasteiger partial charge < -0.3 is 4.74 Å². The number of hydrogen-bond donors (Lipinski definition) is 0. The number of para-hydroxylation sites is 1. The molecule has 0 spiro atoms. The lowest BCUT2D eigenvalue weighted by atomic mass is 10.0. The van der Waals surface area contributed by atoms with Gasteiger partial charge in [-0.2, -0.15) is 0 Å². The Balaban J connectivity index is 2.09. The minimum atomic E-state index is 0.445. The highest BCUT2D eigenvalue weighted by molar-refractivity contribution is 9.10. The van der Waals surface area contributed by atoms with Gasteiger partial charge in [0.05, 0.1) is 10.4 Å². The molecular formula is C17H18BrClO. The Hall–Kier alpha value is -0.990. The van der Waals surface area contributed by atoms with Crippen molar-refractivity contribution in [1.82, 2.24) is 0 Å². The van der Waals surface area contributed by atoms with Crippen LogP contribution in [0.2, 0.25) is 0 Å². The summed E-state index contributed by atoms with van der Waals surface area (Å²) in [5, 5.41) is 0. The van der Waals surface area contributed by atoms with E-state index in [1.54, 1.807) is 0 Å². The largest absolute Gasteiger partial charge is 0.487 e. The minimum Gasteiger partial charge on any atom is -0.487 e. The van der Waals surface area contributed by atoms with Crippen molar-refractivity contribution >= 4 is 27.5 Å². The van der Waals surface area contributed by atoms with E-state index in [1.807, 2.05) is 18.2 Å². The number of alkyl halides is 1. The lowest BCUT2D eigenvalue weighted by Gasteiger charge is -2.12. The summed E-state index contributed by atoms with van der Waals surface area (Å²) in [6.45, 7) is 4.93. The summed E-state index contributed by atoms with van der Waals surface area (Å²) in [6, 6.07) is 14.5. The lowest BCUT2D eigenvalue weighted by Crippen LogP contribution is -1.99. The van der Waals surface area contributed by atoms with Gasteiger partial charge in [-0.1, -0.05) is 50.2 Å². The van der Waals surface area contributed by atoms with E-state index in [2.05, 4.69) is 54.0 Å². The second kappa shape index (κ2) is 7.14. The summed E-state index contributed by atoms with van der Waals surface area (Å²) in [5.74, 6) is 1.83. The highest BCUT2D eigenvalue weighted by Crippen LogP contribution is 2.31. The third kappa shape index (κ3) is 3.77. The topological polar surface area (TPSA) is 9.23 Å². The van der Waals surface area contributed by atoms with Crippen LogP contribution in [-0.4, -0.2) is 0 Å². The van der Waals surface area contributed by atoms with Gasteiger partial charge in [-0.3, -0.25) is 0 Å². The molecule has 0 aliphatic carbocycles. The third-order valence-corrected chi connectivity index (χ3v) is 4.13. The SMILES string of the molecule is CC(C)c1ccc(COc2c(Br)cccc2CCl)cc1. The van der Waals surface area contributed by atoms with Crippen molar-refractivity contribution in [2.75, 3.05) is 0 Å². The van der Waals surface area contributed by atoms with Crippen LogP contribution in [0.4, 0.5) is 0 Å². The van der Waals surface area contributed by atoms with E-state index >= 15 is 0 Å². The Morgan fingerprint density at radius 1 is 1.10 bits per heavy atom. The molecule has 0 heterocycles. The first kappa shape index (κ1) is 15.4. The average Bonchev–Trinajstić information content (AvgIpc) is 2.46.